The number of aromatic nitrogens is 3. The molecule has 0 saturated carbocycles. The molecule has 2 aromatic carbocycles. The number of sulfonamides is 1. The first-order valence-electron chi connectivity index (χ1n) is 23.4. The summed E-state index contributed by atoms with van der Waals surface area (Å²) in [5.74, 6) is -2.95. The first-order chi connectivity index (χ1) is 33.9. The van der Waals surface area contributed by atoms with E-state index in [1.54, 1.807) is 55.1 Å². The third-order valence-electron chi connectivity index (χ3n) is 12.4. The number of carbonyl (C=O) groups excluding carboxylic acids is 6. The molecule has 0 aliphatic carbocycles. The van der Waals surface area contributed by atoms with Crippen molar-refractivity contribution in [3.05, 3.63) is 87.0 Å². The van der Waals surface area contributed by atoms with Crippen molar-refractivity contribution in [2.45, 2.75) is 58.1 Å². The smallest absolute Gasteiger partial charge is 0.241 e. The quantitative estimate of drug-likeness (QED) is 0.0868. The average Bonchev–Trinajstić information content (AvgIpc) is 3.81. The Morgan fingerprint density at radius 3 is 1.97 bits per heavy atom. The Hall–Kier alpha value is -5.70. The summed E-state index contributed by atoms with van der Waals surface area (Å²) in [5, 5.41) is 9.02. The van der Waals surface area contributed by atoms with Crippen LogP contribution in [0.3, 0.4) is 0 Å². The fourth-order valence-electron chi connectivity index (χ4n) is 8.84. The number of hydrogen-bond donors (Lipinski definition) is 5. The first kappa shape index (κ1) is 53.1. The predicted octanol–water partition coefficient (Wildman–Crippen LogP) is -0.703. The molecule has 3 aliphatic rings. The minimum atomic E-state index is -4.27. The molecular weight excluding hydrogens is 1050 g/mol. The molecule has 5 N–H and O–H groups in total. The van der Waals surface area contributed by atoms with Gasteiger partial charge >= 0.3 is 191 Å². The number of hydrogen-bond acceptors (Lipinski definition) is 18. The number of H-pyrrole nitrogens is 1. The molecule has 0 radical (unpaired) electrons. The van der Waals surface area contributed by atoms with Gasteiger partial charge < -0.3 is 20.2 Å². The van der Waals surface area contributed by atoms with E-state index in [4.69, 9.17) is 8.56 Å². The van der Waals surface area contributed by atoms with Gasteiger partial charge in [-0.25, -0.2) is 13.4 Å². The molecule has 5 heterocycles. The van der Waals surface area contributed by atoms with Crippen molar-refractivity contribution in [2.24, 2.45) is 0 Å². The Morgan fingerprint density at radius 2 is 1.41 bits per heavy atom. The van der Waals surface area contributed by atoms with Gasteiger partial charge in [0.2, 0.25) is 15.5 Å². The molecule has 3 unspecified atom stereocenters. The maximum Gasteiger partial charge on any atom is 0.241 e. The molecule has 3 atom stereocenters. The first-order valence-corrected chi connectivity index (χ1v) is 29.0. The number of ketones is 1. The molecule has 3 fully saturated rings. The van der Waals surface area contributed by atoms with Gasteiger partial charge in [-0.1, -0.05) is 23.8 Å². The minimum Gasteiger partial charge on any atom is -0.352 e. The molecule has 23 nitrogen and oxygen atoms in total. The Labute approximate surface area is 420 Å². The van der Waals surface area contributed by atoms with E-state index in [0.29, 0.717) is 87.9 Å². The summed E-state index contributed by atoms with van der Waals surface area (Å²) in [6.45, 7) is 10.1. The van der Waals surface area contributed by atoms with Crippen molar-refractivity contribution < 1.29 is 45.7 Å². The van der Waals surface area contributed by atoms with Crippen LogP contribution in [0.2, 0.25) is 0 Å². The van der Waals surface area contributed by atoms with Gasteiger partial charge in [0.1, 0.15) is 11.3 Å². The standard InChI is InChI=1S/C46H63N11O12S.In/c1-30-20-31(2)44(32(3)21-30)70(68,69)52-37(33(4)58)24-50-45(67)36-25-57(38-22-34(6-7-35(38)43(36)66)23-51-46-48-9-10-49-46)11-5-8-47-39(59)26-53-12-14-54(27-40(60)61)16-18-56(29-42(64)65)19-17-55(15-13-53)28-41(62)63;/h6-7,9-10,20-22,25,37,52H,5,8,11-19,23-24,26-29H2,1-4H3,(H,47,59)(H,50,67)(H,60,61)(H,62,63)(H,64,65)(H2,48,49,51);/q;+3/p-3. The number of aryl methyl sites for hydroxylation is 4. The van der Waals surface area contributed by atoms with Crippen LogP contribution in [0, 0.1) is 20.8 Å². The third kappa shape index (κ3) is 14.7. The van der Waals surface area contributed by atoms with Crippen LogP contribution in [0.1, 0.15) is 46.0 Å². The largest absolute Gasteiger partial charge is 0.352 e. The van der Waals surface area contributed by atoms with E-state index in [0.717, 1.165) is 11.1 Å². The number of aromatic amines is 1. The van der Waals surface area contributed by atoms with Gasteiger partial charge in [0.25, 0.3) is 5.91 Å². The molecule has 2 amide bonds. The Morgan fingerprint density at radius 1 is 0.817 bits per heavy atom. The molecule has 2 aromatic heterocycles. The second kappa shape index (κ2) is 24.1. The Kier molecular flexibility index (Phi) is 18.1. The average molecular weight is 1110 g/mol. The molecule has 7 rings (SSSR count). The van der Waals surface area contributed by atoms with Crippen LogP contribution < -0.4 is 26.1 Å². The van der Waals surface area contributed by atoms with Crippen LogP contribution in [0.5, 0.6) is 0 Å². The van der Waals surface area contributed by atoms with E-state index >= 15 is 0 Å². The van der Waals surface area contributed by atoms with Gasteiger partial charge in [0, 0.05) is 43.6 Å². The summed E-state index contributed by atoms with van der Waals surface area (Å²) >= 11 is -4.27. The van der Waals surface area contributed by atoms with Crippen LogP contribution in [0.25, 0.3) is 10.9 Å². The SMILES string of the molecule is CC(=O)C(CNC(=O)c1cn(CCCNC(=O)CN2CCN3CCN4CCN(CC2)CC(=O)[O][In]([O]C(=O)C3)[O]C(=O)C4)c2cc(CNc3ncc[nH]3)ccc2c1=O)NS(=O)(=O)c1c(C)cc(C)cc1C. The fourth-order valence-corrected chi connectivity index (χ4v) is 13.4. The topological polar surface area (TPSA) is 276 Å². The monoisotopic (exact) mass is 1110 g/mol. The number of Topliss-reactive ketones (excluding diaryl/α,β-unsaturated/α-hetero) is 1. The van der Waals surface area contributed by atoms with Crippen LogP contribution in [0.4, 0.5) is 5.95 Å². The number of nitrogens with one attached hydrogen (secondary N) is 5. The van der Waals surface area contributed by atoms with E-state index in [1.807, 2.05) is 32.6 Å². The zero-order chi connectivity index (χ0) is 50.8. The number of amides is 2. The summed E-state index contributed by atoms with van der Waals surface area (Å²) in [7, 11) is -4.19. The van der Waals surface area contributed by atoms with Crippen LogP contribution in [-0.2, 0) is 55.6 Å². The van der Waals surface area contributed by atoms with E-state index < -0.39 is 80.4 Å². The van der Waals surface area contributed by atoms with Gasteiger partial charge in [0.15, 0.2) is 5.95 Å². The van der Waals surface area contributed by atoms with Crippen molar-refractivity contribution in [1.82, 2.24) is 49.5 Å². The number of imidazole rings is 1. The second-order valence-corrected chi connectivity index (χ2v) is 23.3. The molecule has 3 aliphatic heterocycles. The molecular formula is C46H60InN11O12S. The van der Waals surface area contributed by atoms with Crippen LogP contribution >= 0.6 is 0 Å². The number of anilines is 1. The number of nitrogens with zero attached hydrogens (tertiary/aromatic N) is 6. The summed E-state index contributed by atoms with van der Waals surface area (Å²) < 4.78 is 47.6. The van der Waals surface area contributed by atoms with Crippen molar-refractivity contribution in [2.75, 3.05) is 96.9 Å². The molecule has 3 saturated heterocycles. The summed E-state index contributed by atoms with van der Waals surface area (Å²) in [4.78, 5) is 108. The fraction of sp³-hybridized carbons (Fsp3) is 0.478. The number of pyridine rings is 1. The van der Waals surface area contributed by atoms with Gasteiger partial charge in [-0.15, -0.1) is 0 Å². The Bertz CT molecular complexity index is 2750. The number of carbonyl (C=O) groups is 6. The minimum absolute atomic E-state index is 0.0164. The predicted molar refractivity (Wildman–Crippen MR) is 259 cm³/mol. The molecule has 4 bridgehead atoms. The van der Waals surface area contributed by atoms with Gasteiger partial charge in [-0.2, -0.15) is 4.72 Å². The van der Waals surface area contributed by atoms with E-state index in [9.17, 15) is 42.0 Å². The molecule has 25 heteroatoms. The van der Waals surface area contributed by atoms with Crippen LogP contribution in [0.15, 0.2) is 58.6 Å². The summed E-state index contributed by atoms with van der Waals surface area (Å²) in [6, 6.07) is 7.34. The maximum absolute atomic E-state index is 14.0. The number of fused-ring (bicyclic) bond motifs is 8. The normalized spacial score (nSPS) is 19.8. The van der Waals surface area contributed by atoms with Crippen molar-refractivity contribution in [1.29, 1.82) is 0 Å². The number of benzene rings is 2. The second-order valence-electron chi connectivity index (χ2n) is 18.0. The van der Waals surface area contributed by atoms with Gasteiger partial charge in [-0.05, 0) is 56.5 Å². The zero-order valence-corrected chi connectivity index (χ0v) is 44.4. The van der Waals surface area contributed by atoms with E-state index in [-0.39, 0.29) is 61.0 Å². The molecule has 0 spiro atoms. The Balaban J connectivity index is 1.04. The molecule has 380 valence electrons. The van der Waals surface area contributed by atoms with E-state index in [1.165, 1.54) is 13.1 Å². The van der Waals surface area contributed by atoms with Gasteiger partial charge in [-0.3, -0.25) is 14.4 Å². The molecule has 4 aromatic rings. The molecule has 71 heavy (non-hydrogen) atoms. The van der Waals surface area contributed by atoms with Crippen molar-refractivity contribution in [3.8, 4) is 0 Å². The number of rotatable bonds is 16. The van der Waals surface area contributed by atoms with Crippen molar-refractivity contribution >= 4 is 85.1 Å². The van der Waals surface area contributed by atoms with Gasteiger partial charge in [0.05, 0.1) is 16.5 Å². The zero-order valence-electron chi connectivity index (χ0n) is 40.3. The maximum atomic E-state index is 14.0. The summed E-state index contributed by atoms with van der Waals surface area (Å²) in [6.07, 6.45) is 5.10. The van der Waals surface area contributed by atoms with Crippen LogP contribution in [-0.4, -0.2) is 198 Å². The van der Waals surface area contributed by atoms with E-state index in [2.05, 4.69) is 30.6 Å². The third-order valence-corrected chi connectivity index (χ3v) is 18.1. The van der Waals surface area contributed by atoms with Crippen molar-refractivity contribution in [3.63, 3.8) is 0 Å². The summed E-state index contributed by atoms with van der Waals surface area (Å²) in [5.41, 5.74) is 2.42.